The van der Waals surface area contributed by atoms with Gasteiger partial charge in [0.2, 0.25) is 0 Å². The van der Waals surface area contributed by atoms with Gasteiger partial charge in [-0.1, -0.05) is 30.3 Å². The minimum atomic E-state index is -1.26. The van der Waals surface area contributed by atoms with Gasteiger partial charge in [0, 0.05) is 16.0 Å². The van der Waals surface area contributed by atoms with Crippen molar-refractivity contribution in [1.82, 2.24) is 0 Å². The Balaban J connectivity index is 2.07. The van der Waals surface area contributed by atoms with Crippen LogP contribution in [0.15, 0.2) is 53.4 Å². The molecule has 0 aliphatic carbocycles. The van der Waals surface area contributed by atoms with Crippen LogP contribution in [-0.4, -0.2) is 17.5 Å². The maximum Gasteiger partial charge on any atom is 0.173 e. The largest absolute Gasteiger partial charge is 0.545 e. The number of Topliss-reactive ketones (excluding diaryl/α,β-unsaturated/α-hetero) is 1. The van der Waals surface area contributed by atoms with Gasteiger partial charge in [0.05, 0.1) is 23.4 Å². The van der Waals surface area contributed by atoms with E-state index >= 15 is 0 Å². The Morgan fingerprint density at radius 2 is 1.76 bits per heavy atom. The second kappa shape index (κ2) is 6.73. The summed E-state index contributed by atoms with van der Waals surface area (Å²) in [6, 6.07) is 14.7. The molecule has 0 heterocycles. The average Bonchev–Trinajstić information content (AvgIpc) is 2.52. The number of carboxylic acid groups (broad SMARTS) is 1. The number of aromatic carboxylic acids is 1. The summed E-state index contributed by atoms with van der Waals surface area (Å²) in [7, 11) is 0. The molecule has 0 unspecified atom stereocenters. The summed E-state index contributed by atoms with van der Waals surface area (Å²) in [5.41, 5.74) is 1.06. The molecule has 0 saturated heterocycles. The van der Waals surface area contributed by atoms with Gasteiger partial charge in [-0.05, 0) is 18.2 Å². The zero-order valence-corrected chi connectivity index (χ0v) is 11.7. The van der Waals surface area contributed by atoms with Gasteiger partial charge in [0.15, 0.2) is 5.78 Å². The maximum atomic E-state index is 12.0. The van der Waals surface area contributed by atoms with Gasteiger partial charge < -0.3 is 9.90 Å². The van der Waals surface area contributed by atoms with Gasteiger partial charge in [0.25, 0.3) is 0 Å². The van der Waals surface area contributed by atoms with Gasteiger partial charge in [-0.25, -0.2) is 0 Å². The predicted molar refractivity (Wildman–Crippen MR) is 77.0 cm³/mol. The molecule has 0 spiro atoms. The molecule has 2 aromatic carbocycles. The first-order valence-corrected chi connectivity index (χ1v) is 7.07. The standard InChI is InChI=1S/C16H11NO3S/c17-9-11-5-7-12(8-6-11)14(18)10-21-15-4-2-1-3-13(15)16(19)20/h1-8H,10H2,(H,19,20)/p-1. The fraction of sp³-hybridized carbons (Fsp3) is 0.0625. The number of ketones is 1. The molecule has 0 atom stereocenters. The molecule has 2 rings (SSSR count). The summed E-state index contributed by atoms with van der Waals surface area (Å²) < 4.78 is 0. The molecule has 4 nitrogen and oxygen atoms in total. The van der Waals surface area contributed by atoms with E-state index in [1.165, 1.54) is 6.07 Å². The van der Waals surface area contributed by atoms with Crippen LogP contribution in [-0.2, 0) is 0 Å². The van der Waals surface area contributed by atoms with E-state index in [0.29, 0.717) is 16.0 Å². The topological polar surface area (TPSA) is 81.0 Å². The number of carboxylic acids is 1. The molecule has 2 aromatic rings. The first-order chi connectivity index (χ1) is 10.1. The fourth-order valence-electron chi connectivity index (χ4n) is 1.72. The van der Waals surface area contributed by atoms with Crippen LogP contribution in [0.5, 0.6) is 0 Å². The third-order valence-corrected chi connectivity index (χ3v) is 3.88. The number of carbonyl (C=O) groups is 2. The molecule has 0 fully saturated rings. The van der Waals surface area contributed by atoms with Crippen molar-refractivity contribution in [1.29, 1.82) is 5.26 Å². The first-order valence-electron chi connectivity index (χ1n) is 6.08. The molecule has 0 aliphatic rings. The Kier molecular flexibility index (Phi) is 4.75. The molecule has 0 amide bonds. The molecule has 0 radical (unpaired) electrons. The van der Waals surface area contributed by atoms with E-state index < -0.39 is 5.97 Å². The lowest BCUT2D eigenvalue weighted by atomic mass is 10.1. The molecule has 0 aromatic heterocycles. The number of thioether (sulfide) groups is 1. The lowest BCUT2D eigenvalue weighted by molar-refractivity contribution is -0.255. The molecule has 0 bridgehead atoms. The fourth-order valence-corrected chi connectivity index (χ4v) is 2.65. The summed E-state index contributed by atoms with van der Waals surface area (Å²) in [5.74, 6) is -1.27. The van der Waals surface area contributed by atoms with Crippen molar-refractivity contribution in [2.75, 3.05) is 5.75 Å². The number of nitriles is 1. The zero-order chi connectivity index (χ0) is 15.2. The predicted octanol–water partition coefficient (Wildman–Crippen LogP) is 1.90. The Morgan fingerprint density at radius 3 is 2.38 bits per heavy atom. The summed E-state index contributed by atoms with van der Waals surface area (Å²) >= 11 is 1.15. The second-order valence-corrected chi connectivity index (χ2v) is 5.20. The number of rotatable bonds is 5. The molecule has 5 heteroatoms. The van der Waals surface area contributed by atoms with E-state index in [1.807, 2.05) is 6.07 Å². The van der Waals surface area contributed by atoms with E-state index in [-0.39, 0.29) is 17.1 Å². The Bertz CT molecular complexity index is 717. The highest BCUT2D eigenvalue weighted by Crippen LogP contribution is 2.23. The van der Waals surface area contributed by atoms with Gasteiger partial charge in [0.1, 0.15) is 0 Å². The highest BCUT2D eigenvalue weighted by atomic mass is 32.2. The third-order valence-electron chi connectivity index (χ3n) is 2.80. The molecular weight excluding hydrogens is 286 g/mol. The highest BCUT2D eigenvalue weighted by molar-refractivity contribution is 8.00. The van der Waals surface area contributed by atoms with E-state index in [9.17, 15) is 14.7 Å². The maximum absolute atomic E-state index is 12.0. The molecule has 21 heavy (non-hydrogen) atoms. The van der Waals surface area contributed by atoms with Crippen molar-refractivity contribution < 1.29 is 14.7 Å². The Labute approximate surface area is 126 Å². The van der Waals surface area contributed by atoms with Crippen molar-refractivity contribution in [3.63, 3.8) is 0 Å². The molecular formula is C16H10NO3S-. The minimum Gasteiger partial charge on any atom is -0.545 e. The van der Waals surface area contributed by atoms with E-state index in [2.05, 4.69) is 0 Å². The molecule has 0 N–H and O–H groups in total. The summed E-state index contributed by atoms with van der Waals surface area (Å²) in [6.07, 6.45) is 0. The molecule has 0 saturated carbocycles. The van der Waals surface area contributed by atoms with E-state index in [4.69, 9.17) is 5.26 Å². The van der Waals surface area contributed by atoms with Crippen LogP contribution in [0.3, 0.4) is 0 Å². The van der Waals surface area contributed by atoms with Gasteiger partial charge in [-0.2, -0.15) is 5.26 Å². The molecule has 0 aliphatic heterocycles. The monoisotopic (exact) mass is 296 g/mol. The summed E-state index contributed by atoms with van der Waals surface area (Å²) in [6.45, 7) is 0. The third kappa shape index (κ3) is 3.71. The first kappa shape index (κ1) is 14.8. The average molecular weight is 296 g/mol. The number of carbonyl (C=O) groups excluding carboxylic acids is 2. The lowest BCUT2D eigenvalue weighted by Gasteiger charge is -2.09. The van der Waals surface area contributed by atoms with Crippen LogP contribution in [0.2, 0.25) is 0 Å². The Morgan fingerprint density at radius 1 is 1.10 bits per heavy atom. The minimum absolute atomic E-state index is 0.0788. The second-order valence-electron chi connectivity index (χ2n) is 4.18. The van der Waals surface area contributed by atoms with Crippen molar-refractivity contribution in [3.8, 4) is 6.07 Å². The van der Waals surface area contributed by atoms with Crippen LogP contribution in [0.4, 0.5) is 0 Å². The zero-order valence-electron chi connectivity index (χ0n) is 10.9. The smallest absolute Gasteiger partial charge is 0.173 e. The van der Waals surface area contributed by atoms with Crippen molar-refractivity contribution >= 4 is 23.5 Å². The van der Waals surface area contributed by atoms with Crippen molar-refractivity contribution in [2.24, 2.45) is 0 Å². The number of benzene rings is 2. The van der Waals surface area contributed by atoms with Gasteiger partial charge >= 0.3 is 0 Å². The quantitative estimate of drug-likeness (QED) is 0.621. The van der Waals surface area contributed by atoms with Gasteiger partial charge in [-0.3, -0.25) is 4.79 Å². The van der Waals surface area contributed by atoms with Crippen LogP contribution < -0.4 is 5.11 Å². The van der Waals surface area contributed by atoms with Crippen molar-refractivity contribution in [2.45, 2.75) is 4.90 Å². The number of hydrogen-bond acceptors (Lipinski definition) is 5. The van der Waals surface area contributed by atoms with E-state index in [0.717, 1.165) is 11.8 Å². The van der Waals surface area contributed by atoms with Crippen LogP contribution >= 0.6 is 11.8 Å². The normalized spacial score (nSPS) is 9.86. The lowest BCUT2D eigenvalue weighted by Crippen LogP contribution is -2.23. The van der Waals surface area contributed by atoms with Gasteiger partial charge in [-0.15, -0.1) is 11.8 Å². The number of hydrogen-bond donors (Lipinski definition) is 0. The van der Waals surface area contributed by atoms with Crippen molar-refractivity contribution in [3.05, 3.63) is 65.2 Å². The van der Waals surface area contributed by atoms with Crippen LogP contribution in [0, 0.1) is 11.3 Å². The highest BCUT2D eigenvalue weighted by Gasteiger charge is 2.09. The SMILES string of the molecule is N#Cc1ccc(C(=O)CSc2ccccc2C(=O)[O-])cc1. The van der Waals surface area contributed by atoms with Crippen LogP contribution in [0.25, 0.3) is 0 Å². The summed E-state index contributed by atoms with van der Waals surface area (Å²) in [5, 5.41) is 19.7. The summed E-state index contributed by atoms with van der Waals surface area (Å²) in [4.78, 5) is 23.5. The Hall–Kier alpha value is -2.58. The van der Waals surface area contributed by atoms with Crippen LogP contribution in [0.1, 0.15) is 26.3 Å². The molecule has 104 valence electrons. The van der Waals surface area contributed by atoms with E-state index in [1.54, 1.807) is 42.5 Å². The number of nitrogens with zero attached hydrogens (tertiary/aromatic N) is 1.